The van der Waals surface area contributed by atoms with Gasteiger partial charge < -0.3 is 14.4 Å². The lowest BCUT2D eigenvalue weighted by Gasteiger charge is -2.35. The number of nitrogens with zero attached hydrogens (tertiary/aromatic N) is 2. The van der Waals surface area contributed by atoms with E-state index in [2.05, 4.69) is 30.0 Å². The number of hydrogen-bond donors (Lipinski definition) is 1. The van der Waals surface area contributed by atoms with E-state index in [-0.39, 0.29) is 11.9 Å². The summed E-state index contributed by atoms with van der Waals surface area (Å²) in [5, 5.41) is 0. The summed E-state index contributed by atoms with van der Waals surface area (Å²) in [7, 11) is 0. The molecule has 0 bridgehead atoms. The molecule has 0 aromatic heterocycles. The number of hydrogen-bond acceptors (Lipinski definition) is 3. The Kier molecular flexibility index (Phi) is 4.54. The number of amides is 1. The minimum Gasteiger partial charge on any atom is -0.359 e. The molecule has 136 valence electrons. The monoisotopic (exact) mass is 370 g/mol. The number of carbonyl (C=O) groups excluding carboxylic acids is 1. The molecule has 0 radical (unpaired) electrons. The Morgan fingerprint density at radius 2 is 1.88 bits per heavy atom. The van der Waals surface area contributed by atoms with Gasteiger partial charge in [0.05, 0.1) is 4.90 Å². The standard InChI is InChI=1S/C20H22N2O3S/c1-14-4-9-18-15(13-14)3-2-11-22(18)19-10-12-21(20(19)23)16-5-7-17(8-6-16)26(24)25/h4-9,13,19H,2-3,10-12H2,1H3,(H,24,25)/t19-/m0/s1. The number of rotatable bonds is 3. The lowest BCUT2D eigenvalue weighted by Crippen LogP contribution is -2.44. The van der Waals surface area contributed by atoms with Gasteiger partial charge in [-0.15, -0.1) is 0 Å². The molecule has 0 saturated carbocycles. The normalized spacial score (nSPS) is 21.0. The van der Waals surface area contributed by atoms with Gasteiger partial charge in [-0.2, -0.15) is 0 Å². The Balaban J connectivity index is 1.58. The van der Waals surface area contributed by atoms with Crippen LogP contribution in [0.1, 0.15) is 24.0 Å². The summed E-state index contributed by atoms with van der Waals surface area (Å²) in [6, 6.07) is 13.0. The van der Waals surface area contributed by atoms with Gasteiger partial charge in [-0.25, -0.2) is 4.21 Å². The third-order valence-electron chi connectivity index (χ3n) is 5.29. The van der Waals surface area contributed by atoms with Crippen molar-refractivity contribution in [3.05, 3.63) is 53.6 Å². The molecule has 2 aromatic carbocycles. The molecule has 1 amide bonds. The van der Waals surface area contributed by atoms with Crippen molar-refractivity contribution >= 4 is 28.4 Å². The quantitative estimate of drug-likeness (QED) is 0.844. The SMILES string of the molecule is Cc1ccc2c(c1)CCCN2[C@H]1CCN(c2ccc(S(=O)O)cc2)C1=O. The smallest absolute Gasteiger partial charge is 0.249 e. The van der Waals surface area contributed by atoms with E-state index in [0.717, 1.165) is 31.5 Å². The minimum atomic E-state index is -2.00. The molecule has 4 rings (SSSR count). The fourth-order valence-electron chi connectivity index (χ4n) is 4.03. The van der Waals surface area contributed by atoms with Gasteiger partial charge in [0.1, 0.15) is 6.04 Å². The molecule has 26 heavy (non-hydrogen) atoms. The molecule has 2 heterocycles. The first kappa shape index (κ1) is 17.2. The largest absolute Gasteiger partial charge is 0.359 e. The first-order valence-electron chi connectivity index (χ1n) is 8.93. The average molecular weight is 370 g/mol. The van der Waals surface area contributed by atoms with Crippen molar-refractivity contribution in [2.45, 2.75) is 37.1 Å². The van der Waals surface area contributed by atoms with E-state index in [1.54, 1.807) is 29.2 Å². The van der Waals surface area contributed by atoms with E-state index in [9.17, 15) is 9.00 Å². The molecular formula is C20H22N2O3S. The van der Waals surface area contributed by atoms with Gasteiger partial charge in [-0.05, 0) is 62.1 Å². The Morgan fingerprint density at radius 1 is 1.12 bits per heavy atom. The second-order valence-electron chi connectivity index (χ2n) is 6.97. The first-order valence-corrected chi connectivity index (χ1v) is 10.0. The highest BCUT2D eigenvalue weighted by Gasteiger charge is 2.38. The van der Waals surface area contributed by atoms with Crippen molar-refractivity contribution in [3.63, 3.8) is 0 Å². The Labute approximate surface area is 155 Å². The van der Waals surface area contributed by atoms with Crippen LogP contribution in [0, 0.1) is 6.92 Å². The van der Waals surface area contributed by atoms with Crippen LogP contribution in [0.4, 0.5) is 11.4 Å². The highest BCUT2D eigenvalue weighted by atomic mass is 32.2. The Morgan fingerprint density at radius 3 is 2.62 bits per heavy atom. The molecule has 1 fully saturated rings. The van der Waals surface area contributed by atoms with Crippen molar-refractivity contribution in [3.8, 4) is 0 Å². The van der Waals surface area contributed by atoms with Gasteiger partial charge in [0.15, 0.2) is 11.1 Å². The summed E-state index contributed by atoms with van der Waals surface area (Å²) < 4.78 is 20.3. The predicted molar refractivity (Wildman–Crippen MR) is 103 cm³/mol. The maximum absolute atomic E-state index is 13.1. The first-order chi connectivity index (χ1) is 12.5. The zero-order valence-electron chi connectivity index (χ0n) is 14.7. The van der Waals surface area contributed by atoms with E-state index in [0.29, 0.717) is 11.4 Å². The van der Waals surface area contributed by atoms with Crippen LogP contribution in [-0.4, -0.2) is 33.8 Å². The molecule has 2 aromatic rings. The summed E-state index contributed by atoms with van der Waals surface area (Å²) in [6.07, 6.45) is 2.93. The number of benzene rings is 2. The van der Waals surface area contributed by atoms with Crippen LogP contribution in [-0.2, 0) is 22.3 Å². The predicted octanol–water partition coefficient (Wildman–Crippen LogP) is 3.13. The van der Waals surface area contributed by atoms with E-state index in [1.165, 1.54) is 16.8 Å². The third kappa shape index (κ3) is 3.04. The zero-order valence-corrected chi connectivity index (χ0v) is 15.5. The van der Waals surface area contributed by atoms with Gasteiger partial charge in [0.2, 0.25) is 5.91 Å². The molecular weight excluding hydrogens is 348 g/mol. The van der Waals surface area contributed by atoms with Gasteiger partial charge in [0, 0.05) is 24.5 Å². The Hall–Kier alpha value is -2.18. The molecule has 2 aliphatic rings. The van der Waals surface area contributed by atoms with E-state index < -0.39 is 11.1 Å². The number of carbonyl (C=O) groups is 1. The molecule has 2 aliphatic heterocycles. The maximum atomic E-state index is 13.1. The summed E-state index contributed by atoms with van der Waals surface area (Å²) in [5.74, 6) is 0.108. The van der Waals surface area contributed by atoms with E-state index in [1.807, 2.05) is 0 Å². The van der Waals surface area contributed by atoms with Crippen LogP contribution in [0.15, 0.2) is 47.4 Å². The molecule has 6 heteroatoms. The summed E-state index contributed by atoms with van der Waals surface area (Å²) in [6.45, 7) is 3.68. The lowest BCUT2D eigenvalue weighted by atomic mass is 9.97. The van der Waals surface area contributed by atoms with Crippen LogP contribution >= 0.6 is 0 Å². The highest BCUT2D eigenvalue weighted by molar-refractivity contribution is 7.79. The minimum absolute atomic E-state index is 0.108. The fourth-order valence-corrected chi connectivity index (χ4v) is 4.40. The number of anilines is 2. The molecule has 2 atom stereocenters. The molecule has 0 spiro atoms. The van der Waals surface area contributed by atoms with E-state index in [4.69, 9.17) is 4.55 Å². The fraction of sp³-hybridized carbons (Fsp3) is 0.350. The zero-order chi connectivity index (χ0) is 18.3. The number of aryl methyl sites for hydroxylation is 2. The topological polar surface area (TPSA) is 60.9 Å². The molecule has 1 N–H and O–H groups in total. The van der Waals surface area contributed by atoms with E-state index >= 15 is 0 Å². The summed E-state index contributed by atoms with van der Waals surface area (Å²) in [5.41, 5.74) is 4.56. The highest BCUT2D eigenvalue weighted by Crippen LogP contribution is 2.34. The van der Waals surface area contributed by atoms with Crippen molar-refractivity contribution in [2.24, 2.45) is 0 Å². The van der Waals surface area contributed by atoms with Gasteiger partial charge in [-0.3, -0.25) is 4.79 Å². The van der Waals surface area contributed by atoms with Crippen molar-refractivity contribution in [2.75, 3.05) is 22.9 Å². The molecule has 5 nitrogen and oxygen atoms in total. The third-order valence-corrected chi connectivity index (χ3v) is 5.97. The molecule has 1 saturated heterocycles. The van der Waals surface area contributed by atoms with Crippen molar-refractivity contribution in [1.82, 2.24) is 0 Å². The van der Waals surface area contributed by atoms with Gasteiger partial charge in [-0.1, -0.05) is 17.7 Å². The molecule has 1 unspecified atom stereocenters. The van der Waals surface area contributed by atoms with Crippen LogP contribution in [0.2, 0.25) is 0 Å². The number of fused-ring (bicyclic) bond motifs is 1. The average Bonchev–Trinajstić information content (AvgIpc) is 3.02. The lowest BCUT2D eigenvalue weighted by molar-refractivity contribution is -0.118. The maximum Gasteiger partial charge on any atom is 0.249 e. The van der Waals surface area contributed by atoms with Crippen LogP contribution in [0.3, 0.4) is 0 Å². The Bertz CT molecular complexity index is 866. The second-order valence-corrected chi connectivity index (χ2v) is 7.94. The van der Waals surface area contributed by atoms with Crippen LogP contribution in [0.5, 0.6) is 0 Å². The van der Waals surface area contributed by atoms with Gasteiger partial charge >= 0.3 is 0 Å². The van der Waals surface area contributed by atoms with Crippen molar-refractivity contribution in [1.29, 1.82) is 0 Å². The summed E-state index contributed by atoms with van der Waals surface area (Å²) >= 11 is -2.00. The van der Waals surface area contributed by atoms with Crippen molar-refractivity contribution < 1.29 is 13.6 Å². The van der Waals surface area contributed by atoms with Gasteiger partial charge in [0.25, 0.3) is 0 Å². The summed E-state index contributed by atoms with van der Waals surface area (Å²) in [4.78, 5) is 17.5. The second kappa shape index (κ2) is 6.85. The van der Waals surface area contributed by atoms with Crippen LogP contribution in [0.25, 0.3) is 0 Å². The molecule has 0 aliphatic carbocycles. The van der Waals surface area contributed by atoms with Crippen LogP contribution < -0.4 is 9.80 Å².